The van der Waals surface area contributed by atoms with Gasteiger partial charge in [0, 0.05) is 16.8 Å². The van der Waals surface area contributed by atoms with Crippen LogP contribution in [0.4, 0.5) is 0 Å². The lowest BCUT2D eigenvalue weighted by Gasteiger charge is -1.97. The minimum absolute atomic E-state index is 0.711. The first-order valence-corrected chi connectivity index (χ1v) is 5.58. The van der Waals surface area contributed by atoms with Gasteiger partial charge in [0.1, 0.15) is 5.82 Å². The molecule has 16 heavy (non-hydrogen) atoms. The molecule has 0 bridgehead atoms. The fraction of sp³-hybridized carbons (Fsp3) is 0.167. The number of aromatic amines is 1. The standard InChI is InChI=1S/C12H10ClN3/c1-2-11-15-10-6-14-9-4-3-7(13)5-8(9)12(10)16-11/h3-6H,2H2,1H3,(H,15,16). The molecule has 0 atom stereocenters. The van der Waals surface area contributed by atoms with Crippen LogP contribution in [-0.4, -0.2) is 15.0 Å². The number of benzene rings is 1. The summed E-state index contributed by atoms with van der Waals surface area (Å²) in [6.07, 6.45) is 2.70. The molecule has 3 aromatic rings. The molecule has 2 heterocycles. The quantitative estimate of drug-likeness (QED) is 0.698. The number of nitrogens with one attached hydrogen (secondary N) is 1. The molecule has 0 aliphatic heterocycles. The van der Waals surface area contributed by atoms with Crippen molar-refractivity contribution in [1.29, 1.82) is 0 Å². The number of hydrogen-bond donors (Lipinski definition) is 1. The third-order valence-corrected chi connectivity index (χ3v) is 2.90. The highest BCUT2D eigenvalue weighted by atomic mass is 35.5. The number of halogens is 1. The van der Waals surface area contributed by atoms with Crippen LogP contribution in [0.5, 0.6) is 0 Å². The number of rotatable bonds is 1. The number of pyridine rings is 1. The first-order chi connectivity index (χ1) is 7.78. The molecule has 0 aliphatic carbocycles. The van der Waals surface area contributed by atoms with Gasteiger partial charge in [0.15, 0.2) is 0 Å². The molecule has 0 spiro atoms. The third-order valence-electron chi connectivity index (χ3n) is 2.66. The molecule has 80 valence electrons. The molecule has 1 N–H and O–H groups in total. The van der Waals surface area contributed by atoms with E-state index in [1.807, 2.05) is 24.4 Å². The van der Waals surface area contributed by atoms with Gasteiger partial charge >= 0.3 is 0 Å². The first kappa shape index (κ1) is 9.60. The number of fused-ring (bicyclic) bond motifs is 3. The Bertz CT molecular complexity index is 672. The Morgan fingerprint density at radius 2 is 2.25 bits per heavy atom. The lowest BCUT2D eigenvalue weighted by Crippen LogP contribution is -1.81. The van der Waals surface area contributed by atoms with Gasteiger partial charge in [0.05, 0.1) is 22.7 Å². The van der Waals surface area contributed by atoms with E-state index >= 15 is 0 Å². The Morgan fingerprint density at radius 1 is 1.38 bits per heavy atom. The van der Waals surface area contributed by atoms with Crippen molar-refractivity contribution < 1.29 is 0 Å². The number of imidazole rings is 1. The molecule has 0 amide bonds. The highest BCUT2D eigenvalue weighted by molar-refractivity contribution is 6.31. The number of H-pyrrole nitrogens is 1. The monoisotopic (exact) mass is 231 g/mol. The summed E-state index contributed by atoms with van der Waals surface area (Å²) in [4.78, 5) is 12.2. The minimum atomic E-state index is 0.711. The van der Waals surface area contributed by atoms with Gasteiger partial charge in [0.25, 0.3) is 0 Å². The minimum Gasteiger partial charge on any atom is -0.341 e. The largest absolute Gasteiger partial charge is 0.341 e. The molecule has 3 rings (SSSR count). The zero-order valence-corrected chi connectivity index (χ0v) is 9.54. The predicted octanol–water partition coefficient (Wildman–Crippen LogP) is 3.33. The number of hydrogen-bond acceptors (Lipinski definition) is 2. The lowest BCUT2D eigenvalue weighted by atomic mass is 10.2. The topological polar surface area (TPSA) is 41.6 Å². The maximum absolute atomic E-state index is 5.99. The van der Waals surface area contributed by atoms with Crippen LogP contribution < -0.4 is 0 Å². The molecule has 3 nitrogen and oxygen atoms in total. The normalized spacial score (nSPS) is 11.4. The molecular formula is C12H10ClN3. The second kappa shape index (κ2) is 3.46. The molecule has 2 aromatic heterocycles. The number of aryl methyl sites for hydroxylation is 1. The van der Waals surface area contributed by atoms with Crippen LogP contribution in [0, 0.1) is 0 Å². The molecule has 1 aromatic carbocycles. The van der Waals surface area contributed by atoms with Crippen molar-refractivity contribution in [2.24, 2.45) is 0 Å². The summed E-state index contributed by atoms with van der Waals surface area (Å²) in [5.74, 6) is 0.976. The lowest BCUT2D eigenvalue weighted by molar-refractivity contribution is 1.00. The SMILES string of the molecule is CCc1nc2c(cnc3ccc(Cl)cc32)[nH]1. The van der Waals surface area contributed by atoms with E-state index in [1.54, 1.807) is 0 Å². The maximum atomic E-state index is 5.99. The van der Waals surface area contributed by atoms with Gasteiger partial charge in [-0.1, -0.05) is 18.5 Å². The van der Waals surface area contributed by atoms with Crippen molar-refractivity contribution >= 4 is 33.5 Å². The number of aromatic nitrogens is 3. The predicted molar refractivity (Wildman–Crippen MR) is 65.8 cm³/mol. The summed E-state index contributed by atoms with van der Waals surface area (Å²) in [5, 5.41) is 1.71. The average Bonchev–Trinajstić information content (AvgIpc) is 2.72. The van der Waals surface area contributed by atoms with Crippen molar-refractivity contribution in [3.63, 3.8) is 0 Å². The zero-order chi connectivity index (χ0) is 11.1. The van der Waals surface area contributed by atoms with Crippen LogP contribution >= 0.6 is 11.6 Å². The van der Waals surface area contributed by atoms with Crippen LogP contribution in [0.15, 0.2) is 24.4 Å². The Labute approximate surface area is 97.5 Å². The van der Waals surface area contributed by atoms with E-state index in [-0.39, 0.29) is 0 Å². The smallest absolute Gasteiger partial charge is 0.107 e. The summed E-state index contributed by atoms with van der Waals surface area (Å²) in [7, 11) is 0. The van der Waals surface area contributed by atoms with Crippen molar-refractivity contribution in [1.82, 2.24) is 15.0 Å². The summed E-state index contributed by atoms with van der Waals surface area (Å²) >= 11 is 5.99. The summed E-state index contributed by atoms with van der Waals surface area (Å²) in [6, 6.07) is 5.67. The van der Waals surface area contributed by atoms with Crippen LogP contribution in [0.25, 0.3) is 21.9 Å². The van der Waals surface area contributed by atoms with Gasteiger partial charge in [-0.2, -0.15) is 0 Å². The molecular weight excluding hydrogens is 222 g/mol. The third kappa shape index (κ3) is 1.36. The van der Waals surface area contributed by atoms with Crippen molar-refractivity contribution in [3.05, 3.63) is 35.2 Å². The molecule has 4 heteroatoms. The van der Waals surface area contributed by atoms with Gasteiger partial charge in [-0.3, -0.25) is 4.98 Å². The second-order valence-corrected chi connectivity index (χ2v) is 4.16. The van der Waals surface area contributed by atoms with Crippen LogP contribution in [0.1, 0.15) is 12.7 Å². The van der Waals surface area contributed by atoms with E-state index in [1.165, 1.54) is 0 Å². The van der Waals surface area contributed by atoms with Gasteiger partial charge in [-0.15, -0.1) is 0 Å². The summed E-state index contributed by atoms with van der Waals surface area (Å²) in [6.45, 7) is 2.07. The first-order valence-electron chi connectivity index (χ1n) is 5.21. The fourth-order valence-corrected chi connectivity index (χ4v) is 2.02. The van der Waals surface area contributed by atoms with Crippen molar-refractivity contribution in [2.75, 3.05) is 0 Å². The molecule has 0 fully saturated rings. The van der Waals surface area contributed by atoms with E-state index in [0.717, 1.165) is 34.2 Å². The van der Waals surface area contributed by atoms with Crippen molar-refractivity contribution in [3.8, 4) is 0 Å². The Kier molecular flexibility index (Phi) is 2.07. The Morgan fingerprint density at radius 3 is 3.06 bits per heavy atom. The van der Waals surface area contributed by atoms with Gasteiger partial charge in [-0.25, -0.2) is 4.98 Å². The Balaban J connectivity index is 2.46. The average molecular weight is 232 g/mol. The molecule has 0 aliphatic rings. The van der Waals surface area contributed by atoms with E-state index in [2.05, 4.69) is 21.9 Å². The molecule has 0 radical (unpaired) electrons. The highest BCUT2D eigenvalue weighted by Crippen LogP contribution is 2.24. The number of nitrogens with zero attached hydrogens (tertiary/aromatic N) is 2. The molecule has 0 saturated heterocycles. The van der Waals surface area contributed by atoms with Crippen LogP contribution in [0.3, 0.4) is 0 Å². The maximum Gasteiger partial charge on any atom is 0.107 e. The molecule has 0 saturated carbocycles. The van der Waals surface area contributed by atoms with Crippen LogP contribution in [-0.2, 0) is 6.42 Å². The van der Waals surface area contributed by atoms with Crippen LogP contribution in [0.2, 0.25) is 5.02 Å². The van der Waals surface area contributed by atoms with Gasteiger partial charge in [0.2, 0.25) is 0 Å². The summed E-state index contributed by atoms with van der Waals surface area (Å²) < 4.78 is 0. The molecule has 0 unspecified atom stereocenters. The zero-order valence-electron chi connectivity index (χ0n) is 8.79. The second-order valence-electron chi connectivity index (χ2n) is 3.72. The van der Waals surface area contributed by atoms with Gasteiger partial charge < -0.3 is 4.98 Å². The van der Waals surface area contributed by atoms with E-state index in [9.17, 15) is 0 Å². The fourth-order valence-electron chi connectivity index (χ4n) is 1.85. The van der Waals surface area contributed by atoms with Crippen molar-refractivity contribution in [2.45, 2.75) is 13.3 Å². The Hall–Kier alpha value is -1.61. The van der Waals surface area contributed by atoms with E-state index in [0.29, 0.717) is 5.02 Å². The summed E-state index contributed by atoms with van der Waals surface area (Å²) in [5.41, 5.74) is 2.84. The van der Waals surface area contributed by atoms with Gasteiger partial charge in [-0.05, 0) is 18.2 Å². The van der Waals surface area contributed by atoms with E-state index in [4.69, 9.17) is 11.6 Å². The highest BCUT2D eigenvalue weighted by Gasteiger charge is 2.06. The van der Waals surface area contributed by atoms with E-state index < -0.39 is 0 Å².